The summed E-state index contributed by atoms with van der Waals surface area (Å²) in [6, 6.07) is 2.70. The highest BCUT2D eigenvalue weighted by Crippen LogP contribution is 2.34. The first kappa shape index (κ1) is 14.0. The Hall–Kier alpha value is -0.410. The molecule has 2 rings (SSSR count). The van der Waals surface area contributed by atoms with Crippen LogP contribution in [0, 0.1) is 5.92 Å². The number of halogens is 1. The van der Waals surface area contributed by atoms with Crippen LogP contribution in [0.25, 0.3) is 0 Å². The minimum atomic E-state index is 0.482. The summed E-state index contributed by atoms with van der Waals surface area (Å²) in [7, 11) is 0. The van der Waals surface area contributed by atoms with E-state index in [0.717, 1.165) is 16.9 Å². The lowest BCUT2D eigenvalue weighted by Crippen LogP contribution is -2.30. The standard InChI is InChI=1S/C15H23BrN2/c1-2-8-18-15(12-6-4-3-5-7-12)13-9-14(16)11-17-10-13/h9-12,15,18H,2-8H2,1H3. The van der Waals surface area contributed by atoms with E-state index in [1.165, 1.54) is 44.1 Å². The van der Waals surface area contributed by atoms with Crippen LogP contribution in [0.15, 0.2) is 22.9 Å². The molecule has 0 bridgehead atoms. The molecule has 1 N–H and O–H groups in total. The number of pyridine rings is 1. The minimum absolute atomic E-state index is 0.482. The van der Waals surface area contributed by atoms with Crippen LogP contribution < -0.4 is 5.32 Å². The van der Waals surface area contributed by atoms with E-state index in [0.29, 0.717) is 6.04 Å². The van der Waals surface area contributed by atoms with Gasteiger partial charge in [0.15, 0.2) is 0 Å². The lowest BCUT2D eigenvalue weighted by molar-refractivity contribution is 0.271. The summed E-state index contributed by atoms with van der Waals surface area (Å²) in [6.45, 7) is 3.32. The highest BCUT2D eigenvalue weighted by molar-refractivity contribution is 9.10. The van der Waals surface area contributed by atoms with Crippen molar-refractivity contribution in [3.8, 4) is 0 Å². The summed E-state index contributed by atoms with van der Waals surface area (Å²) in [4.78, 5) is 4.32. The molecule has 1 fully saturated rings. The molecule has 1 saturated carbocycles. The van der Waals surface area contributed by atoms with Crippen molar-refractivity contribution in [3.05, 3.63) is 28.5 Å². The smallest absolute Gasteiger partial charge is 0.0410 e. The zero-order chi connectivity index (χ0) is 12.8. The maximum absolute atomic E-state index is 4.32. The Balaban J connectivity index is 2.12. The fourth-order valence-corrected chi connectivity index (χ4v) is 3.30. The Morgan fingerprint density at radius 1 is 1.33 bits per heavy atom. The highest BCUT2D eigenvalue weighted by Gasteiger charge is 2.24. The quantitative estimate of drug-likeness (QED) is 0.868. The zero-order valence-electron chi connectivity index (χ0n) is 11.2. The second-order valence-electron chi connectivity index (χ2n) is 5.27. The Kier molecular flexibility index (Phi) is 5.64. The predicted octanol–water partition coefficient (Wildman–Crippen LogP) is 4.47. The first-order valence-electron chi connectivity index (χ1n) is 7.15. The molecule has 1 atom stereocenters. The number of aromatic nitrogens is 1. The number of nitrogens with one attached hydrogen (secondary N) is 1. The van der Waals surface area contributed by atoms with E-state index in [-0.39, 0.29) is 0 Å². The fraction of sp³-hybridized carbons (Fsp3) is 0.667. The fourth-order valence-electron chi connectivity index (χ4n) is 2.92. The molecule has 3 heteroatoms. The summed E-state index contributed by atoms with van der Waals surface area (Å²) < 4.78 is 1.08. The molecule has 100 valence electrons. The summed E-state index contributed by atoms with van der Waals surface area (Å²) in [5.74, 6) is 0.779. The summed E-state index contributed by atoms with van der Waals surface area (Å²) in [5.41, 5.74) is 1.34. The molecule has 0 amide bonds. The van der Waals surface area contributed by atoms with Gasteiger partial charge in [-0.3, -0.25) is 4.98 Å². The van der Waals surface area contributed by atoms with E-state index in [4.69, 9.17) is 0 Å². The van der Waals surface area contributed by atoms with E-state index in [1.807, 2.05) is 12.4 Å². The summed E-state index contributed by atoms with van der Waals surface area (Å²) in [6.07, 6.45) is 12.0. The molecule has 1 aliphatic carbocycles. The molecular formula is C15H23BrN2. The molecule has 18 heavy (non-hydrogen) atoms. The van der Waals surface area contributed by atoms with Gasteiger partial charge in [-0.2, -0.15) is 0 Å². The molecule has 0 radical (unpaired) electrons. The van der Waals surface area contributed by atoms with E-state index < -0.39 is 0 Å². The van der Waals surface area contributed by atoms with E-state index >= 15 is 0 Å². The molecule has 1 unspecified atom stereocenters. The van der Waals surface area contributed by atoms with Crippen LogP contribution in [-0.2, 0) is 0 Å². The topological polar surface area (TPSA) is 24.9 Å². The molecule has 0 spiro atoms. The average molecular weight is 311 g/mol. The van der Waals surface area contributed by atoms with Crippen LogP contribution in [-0.4, -0.2) is 11.5 Å². The van der Waals surface area contributed by atoms with Crippen molar-refractivity contribution >= 4 is 15.9 Å². The van der Waals surface area contributed by atoms with Gasteiger partial charge in [0.2, 0.25) is 0 Å². The summed E-state index contributed by atoms with van der Waals surface area (Å²) >= 11 is 3.53. The van der Waals surface area contributed by atoms with Crippen molar-refractivity contribution < 1.29 is 0 Å². The van der Waals surface area contributed by atoms with Crippen molar-refractivity contribution in [2.24, 2.45) is 5.92 Å². The number of hydrogen-bond acceptors (Lipinski definition) is 2. The molecule has 0 aliphatic heterocycles. The third-order valence-electron chi connectivity index (χ3n) is 3.82. The van der Waals surface area contributed by atoms with Crippen molar-refractivity contribution in [1.82, 2.24) is 10.3 Å². The molecule has 1 aromatic heterocycles. The first-order chi connectivity index (χ1) is 8.81. The van der Waals surface area contributed by atoms with Crippen molar-refractivity contribution in [3.63, 3.8) is 0 Å². The van der Waals surface area contributed by atoms with Gasteiger partial charge in [0, 0.05) is 22.9 Å². The van der Waals surface area contributed by atoms with Gasteiger partial charge in [0.05, 0.1) is 0 Å². The SMILES string of the molecule is CCCNC(c1cncc(Br)c1)C1CCCCC1. The average Bonchev–Trinajstić information content (AvgIpc) is 2.40. The van der Waals surface area contributed by atoms with Crippen LogP contribution in [0.2, 0.25) is 0 Å². The van der Waals surface area contributed by atoms with Gasteiger partial charge in [0.1, 0.15) is 0 Å². The van der Waals surface area contributed by atoms with E-state index in [9.17, 15) is 0 Å². The molecule has 0 aromatic carbocycles. The molecule has 1 heterocycles. The van der Waals surface area contributed by atoms with Crippen LogP contribution in [0.5, 0.6) is 0 Å². The van der Waals surface area contributed by atoms with E-state index in [1.54, 1.807) is 0 Å². The molecule has 2 nitrogen and oxygen atoms in total. The van der Waals surface area contributed by atoms with Crippen LogP contribution in [0.4, 0.5) is 0 Å². The van der Waals surface area contributed by atoms with Gasteiger partial charge in [-0.25, -0.2) is 0 Å². The highest BCUT2D eigenvalue weighted by atomic mass is 79.9. The zero-order valence-corrected chi connectivity index (χ0v) is 12.7. The normalized spacial score (nSPS) is 18.8. The Morgan fingerprint density at radius 2 is 2.11 bits per heavy atom. The van der Waals surface area contributed by atoms with Crippen LogP contribution >= 0.6 is 15.9 Å². The monoisotopic (exact) mass is 310 g/mol. The number of rotatable bonds is 5. The van der Waals surface area contributed by atoms with Crippen LogP contribution in [0.1, 0.15) is 57.1 Å². The minimum Gasteiger partial charge on any atom is -0.310 e. The first-order valence-corrected chi connectivity index (χ1v) is 7.94. The van der Waals surface area contributed by atoms with Gasteiger partial charge >= 0.3 is 0 Å². The van der Waals surface area contributed by atoms with Gasteiger partial charge < -0.3 is 5.32 Å². The number of nitrogens with zero attached hydrogens (tertiary/aromatic N) is 1. The summed E-state index contributed by atoms with van der Waals surface area (Å²) in [5, 5.41) is 3.72. The third-order valence-corrected chi connectivity index (χ3v) is 4.25. The molecule has 0 saturated heterocycles. The maximum atomic E-state index is 4.32. The largest absolute Gasteiger partial charge is 0.310 e. The van der Waals surface area contributed by atoms with E-state index in [2.05, 4.69) is 39.2 Å². The maximum Gasteiger partial charge on any atom is 0.0410 e. The Labute approximate surface area is 119 Å². The molecular weight excluding hydrogens is 288 g/mol. The Bertz CT molecular complexity index is 361. The lowest BCUT2D eigenvalue weighted by Gasteiger charge is -2.31. The van der Waals surface area contributed by atoms with Gasteiger partial charge in [-0.05, 0) is 59.3 Å². The van der Waals surface area contributed by atoms with Crippen molar-refractivity contribution in [1.29, 1.82) is 0 Å². The molecule has 1 aromatic rings. The molecule has 1 aliphatic rings. The third kappa shape index (κ3) is 3.79. The van der Waals surface area contributed by atoms with Gasteiger partial charge in [-0.15, -0.1) is 0 Å². The van der Waals surface area contributed by atoms with Gasteiger partial charge in [0.25, 0.3) is 0 Å². The van der Waals surface area contributed by atoms with Crippen molar-refractivity contribution in [2.75, 3.05) is 6.54 Å². The second kappa shape index (κ2) is 7.25. The lowest BCUT2D eigenvalue weighted by atomic mass is 9.81. The predicted molar refractivity (Wildman–Crippen MR) is 79.5 cm³/mol. The Morgan fingerprint density at radius 3 is 2.78 bits per heavy atom. The van der Waals surface area contributed by atoms with Gasteiger partial charge in [-0.1, -0.05) is 26.2 Å². The van der Waals surface area contributed by atoms with Crippen LogP contribution in [0.3, 0.4) is 0 Å². The second-order valence-corrected chi connectivity index (χ2v) is 6.18. The number of hydrogen-bond donors (Lipinski definition) is 1. The van der Waals surface area contributed by atoms with Crippen molar-refractivity contribution in [2.45, 2.75) is 51.5 Å².